The zero-order valence-electron chi connectivity index (χ0n) is 13.2. The molecule has 0 radical (unpaired) electrons. The third-order valence-corrected chi connectivity index (χ3v) is 6.13. The van der Waals surface area contributed by atoms with E-state index in [1.807, 2.05) is 67.8 Å². The molecular formula is C14H15I3N2O6. The second-order valence-corrected chi connectivity index (χ2v) is 8.00. The normalized spacial score (nSPS) is 11.6. The second kappa shape index (κ2) is 10.2. The highest BCUT2D eigenvalue weighted by Gasteiger charge is 2.28. The maximum Gasteiger partial charge on any atom is 0.340 e. The minimum Gasteiger partial charge on any atom is -0.459 e. The highest BCUT2D eigenvalue weighted by atomic mass is 127. The molecule has 0 heterocycles. The number of nitrogens with one attached hydrogen (secondary N) is 2. The molecule has 1 aromatic rings. The van der Waals surface area contributed by atoms with Gasteiger partial charge in [0.15, 0.2) is 0 Å². The fourth-order valence-corrected chi connectivity index (χ4v) is 6.12. The zero-order chi connectivity index (χ0) is 19.3. The van der Waals surface area contributed by atoms with Crippen LogP contribution in [0.5, 0.6) is 0 Å². The Bertz CT molecular complexity index is 711. The van der Waals surface area contributed by atoms with Crippen LogP contribution in [0.1, 0.15) is 27.6 Å². The Balaban J connectivity index is 3.52. The molecule has 0 spiro atoms. The number of anilines is 1. The lowest BCUT2D eigenvalue weighted by Gasteiger charge is -2.18. The first kappa shape index (κ1) is 22.8. The quantitative estimate of drug-likeness (QED) is 0.265. The van der Waals surface area contributed by atoms with Crippen molar-refractivity contribution in [3.8, 4) is 0 Å². The smallest absolute Gasteiger partial charge is 0.340 e. The standard InChI is InChI=1S/C14H15I3N2O6/c1-5(21)19-12-10(16)7(13(23)18-2)9(15)8(11(12)17)14(24)25-4-6(22)3-20/h6,20,22H,3-4H2,1-2H3,(H,18,23)(H,19,21). The molecule has 0 aliphatic rings. The molecular weight excluding hydrogens is 673 g/mol. The number of carbonyl (C=O) groups is 3. The van der Waals surface area contributed by atoms with Crippen molar-refractivity contribution in [2.75, 3.05) is 25.6 Å². The lowest BCUT2D eigenvalue weighted by atomic mass is 10.1. The zero-order valence-corrected chi connectivity index (χ0v) is 19.6. The van der Waals surface area contributed by atoms with Crippen molar-refractivity contribution in [2.45, 2.75) is 13.0 Å². The van der Waals surface area contributed by atoms with Gasteiger partial charge >= 0.3 is 5.97 Å². The third-order valence-electron chi connectivity index (χ3n) is 2.89. The van der Waals surface area contributed by atoms with E-state index in [0.29, 0.717) is 16.4 Å². The van der Waals surface area contributed by atoms with Crippen molar-refractivity contribution in [3.63, 3.8) is 0 Å². The molecule has 0 aliphatic heterocycles. The van der Waals surface area contributed by atoms with Gasteiger partial charge in [-0.05, 0) is 67.8 Å². The van der Waals surface area contributed by atoms with Gasteiger partial charge in [0.2, 0.25) is 5.91 Å². The Hall–Kier alpha value is -0.260. The van der Waals surface area contributed by atoms with Crippen LogP contribution in [0.4, 0.5) is 5.69 Å². The van der Waals surface area contributed by atoms with Crippen molar-refractivity contribution in [2.24, 2.45) is 0 Å². The summed E-state index contributed by atoms with van der Waals surface area (Å²) in [5.41, 5.74) is 0.680. The summed E-state index contributed by atoms with van der Waals surface area (Å²) in [5.74, 6) is -1.54. The van der Waals surface area contributed by atoms with Crippen LogP contribution in [0, 0.1) is 10.7 Å². The van der Waals surface area contributed by atoms with E-state index >= 15 is 0 Å². The van der Waals surface area contributed by atoms with Gasteiger partial charge in [-0.1, -0.05) is 0 Å². The molecule has 0 saturated carbocycles. The molecule has 0 fully saturated rings. The van der Waals surface area contributed by atoms with Crippen LogP contribution in [0.3, 0.4) is 0 Å². The lowest BCUT2D eigenvalue weighted by molar-refractivity contribution is -0.114. The Labute approximate surface area is 184 Å². The number of aliphatic hydroxyl groups is 2. The van der Waals surface area contributed by atoms with Gasteiger partial charge < -0.3 is 25.6 Å². The minimum absolute atomic E-state index is 0.106. The molecule has 138 valence electrons. The predicted octanol–water partition coefficient (Wildman–Crippen LogP) is 1.33. The van der Waals surface area contributed by atoms with E-state index in [2.05, 4.69) is 10.6 Å². The van der Waals surface area contributed by atoms with E-state index in [1.165, 1.54) is 14.0 Å². The van der Waals surface area contributed by atoms with E-state index in [4.69, 9.17) is 9.84 Å². The average Bonchev–Trinajstić information content (AvgIpc) is 2.55. The number of ether oxygens (including phenoxy) is 1. The maximum atomic E-state index is 12.4. The van der Waals surface area contributed by atoms with Gasteiger partial charge in [-0.3, -0.25) is 9.59 Å². The average molecular weight is 688 g/mol. The number of aliphatic hydroxyl groups excluding tert-OH is 2. The molecule has 1 rings (SSSR count). The summed E-state index contributed by atoms with van der Waals surface area (Å²) in [6, 6.07) is 0. The van der Waals surface area contributed by atoms with Crippen LogP contribution in [-0.2, 0) is 9.53 Å². The summed E-state index contributed by atoms with van der Waals surface area (Å²) in [5, 5.41) is 23.3. The van der Waals surface area contributed by atoms with Crippen LogP contribution >= 0.6 is 67.8 Å². The van der Waals surface area contributed by atoms with Gasteiger partial charge in [-0.2, -0.15) is 0 Å². The van der Waals surface area contributed by atoms with Crippen molar-refractivity contribution in [3.05, 3.63) is 21.8 Å². The molecule has 25 heavy (non-hydrogen) atoms. The highest BCUT2D eigenvalue weighted by molar-refractivity contribution is 14.1. The Morgan fingerprint density at radius 3 is 2.16 bits per heavy atom. The molecule has 11 heteroatoms. The van der Waals surface area contributed by atoms with Crippen molar-refractivity contribution in [1.82, 2.24) is 5.32 Å². The summed E-state index contributed by atoms with van der Waals surface area (Å²) >= 11 is 5.69. The summed E-state index contributed by atoms with van der Waals surface area (Å²) in [6.45, 7) is 0.381. The SMILES string of the molecule is CNC(=O)c1c(I)c(NC(C)=O)c(I)c(C(=O)OCC(O)CO)c1I. The largest absolute Gasteiger partial charge is 0.459 e. The van der Waals surface area contributed by atoms with Crippen LogP contribution in [0.25, 0.3) is 0 Å². The lowest BCUT2D eigenvalue weighted by Crippen LogP contribution is -2.26. The highest BCUT2D eigenvalue weighted by Crippen LogP contribution is 2.36. The van der Waals surface area contributed by atoms with Crippen LogP contribution in [0.2, 0.25) is 0 Å². The van der Waals surface area contributed by atoms with Gasteiger partial charge in [0.05, 0.1) is 30.6 Å². The molecule has 0 aromatic heterocycles. The van der Waals surface area contributed by atoms with Crippen LogP contribution < -0.4 is 10.6 Å². The monoisotopic (exact) mass is 688 g/mol. The van der Waals surface area contributed by atoms with Crippen LogP contribution in [-0.4, -0.2) is 54.4 Å². The first-order valence-corrected chi connectivity index (χ1v) is 10.0. The van der Waals surface area contributed by atoms with E-state index in [0.717, 1.165) is 0 Å². The number of amides is 2. The summed E-state index contributed by atoms with van der Waals surface area (Å²) in [7, 11) is 1.46. The number of carbonyl (C=O) groups excluding carboxylic acids is 3. The first-order chi connectivity index (χ1) is 11.6. The van der Waals surface area contributed by atoms with E-state index in [9.17, 15) is 19.5 Å². The maximum absolute atomic E-state index is 12.4. The topological polar surface area (TPSA) is 125 Å². The summed E-state index contributed by atoms with van der Waals surface area (Å²) in [6.07, 6.45) is -1.20. The molecule has 8 nitrogen and oxygen atoms in total. The number of rotatable bonds is 6. The van der Waals surface area contributed by atoms with Crippen LogP contribution in [0.15, 0.2) is 0 Å². The Kier molecular flexibility index (Phi) is 9.27. The Morgan fingerprint density at radius 2 is 1.68 bits per heavy atom. The minimum atomic E-state index is -1.20. The first-order valence-electron chi connectivity index (χ1n) is 6.81. The number of halogens is 3. The molecule has 0 saturated heterocycles. The third kappa shape index (κ3) is 5.61. The second-order valence-electron chi connectivity index (χ2n) is 4.76. The summed E-state index contributed by atoms with van der Waals surface area (Å²) < 4.78 is 6.28. The predicted molar refractivity (Wildman–Crippen MR) is 116 cm³/mol. The number of hydrogen-bond acceptors (Lipinski definition) is 6. The molecule has 4 N–H and O–H groups in total. The van der Waals surface area contributed by atoms with Gasteiger partial charge in [0.1, 0.15) is 12.7 Å². The van der Waals surface area contributed by atoms with Crippen molar-refractivity contribution >= 4 is 91.2 Å². The molecule has 1 atom stereocenters. The van der Waals surface area contributed by atoms with Gasteiger partial charge in [0, 0.05) is 17.5 Å². The van der Waals surface area contributed by atoms with E-state index in [1.54, 1.807) is 0 Å². The van der Waals surface area contributed by atoms with Crippen molar-refractivity contribution < 1.29 is 29.3 Å². The molecule has 1 unspecified atom stereocenters. The number of esters is 1. The number of benzene rings is 1. The molecule has 2 amide bonds. The molecule has 1 aromatic carbocycles. The fourth-order valence-electron chi connectivity index (χ4n) is 1.75. The van der Waals surface area contributed by atoms with Gasteiger partial charge in [-0.15, -0.1) is 0 Å². The van der Waals surface area contributed by atoms with Crippen molar-refractivity contribution in [1.29, 1.82) is 0 Å². The molecule has 0 aliphatic carbocycles. The van der Waals surface area contributed by atoms with E-state index in [-0.39, 0.29) is 17.0 Å². The fraction of sp³-hybridized carbons (Fsp3) is 0.357. The molecule has 0 bridgehead atoms. The Morgan fingerprint density at radius 1 is 1.12 bits per heavy atom. The van der Waals surface area contributed by atoms with Gasteiger partial charge in [0.25, 0.3) is 5.91 Å². The number of hydrogen-bond donors (Lipinski definition) is 4. The summed E-state index contributed by atoms with van der Waals surface area (Å²) in [4.78, 5) is 36.2. The van der Waals surface area contributed by atoms with Gasteiger partial charge in [-0.25, -0.2) is 4.79 Å². The van der Waals surface area contributed by atoms with E-state index < -0.39 is 31.2 Å².